The van der Waals surface area contributed by atoms with Crippen molar-refractivity contribution in [3.05, 3.63) is 24.3 Å². The first-order valence-corrected chi connectivity index (χ1v) is 6.45. The molecule has 0 aliphatic rings. The predicted octanol–water partition coefficient (Wildman–Crippen LogP) is -0.120. The van der Waals surface area contributed by atoms with E-state index >= 15 is 0 Å². The van der Waals surface area contributed by atoms with Crippen LogP contribution in [0.1, 0.15) is 6.92 Å². The number of nitrogens with one attached hydrogen (secondary N) is 2. The number of amides is 1. The number of rotatable bonds is 5. The molecule has 1 atom stereocenters. The summed E-state index contributed by atoms with van der Waals surface area (Å²) in [5.74, 6) is -0.726. The maximum atomic E-state index is 12.0. The van der Waals surface area contributed by atoms with Crippen LogP contribution in [-0.4, -0.2) is 27.4 Å². The van der Waals surface area contributed by atoms with Crippen LogP contribution < -0.4 is 15.8 Å². The normalized spacial score (nSPS) is 13.1. The van der Waals surface area contributed by atoms with Gasteiger partial charge >= 0.3 is 0 Å². The number of carbonyl (C=O) groups excluding carboxylic acids is 1. The third-order valence-corrected chi connectivity index (χ3v) is 3.80. The number of benzene rings is 1. The Morgan fingerprint density at radius 3 is 2.47 bits per heavy atom. The van der Waals surface area contributed by atoms with Crippen molar-refractivity contribution in [3.63, 3.8) is 0 Å². The van der Waals surface area contributed by atoms with Crippen molar-refractivity contribution in [3.8, 4) is 0 Å². The molecule has 1 rings (SSSR count). The van der Waals surface area contributed by atoms with Crippen LogP contribution >= 0.6 is 0 Å². The molecule has 0 radical (unpaired) electrons. The Hall–Kier alpha value is -1.60. The summed E-state index contributed by atoms with van der Waals surface area (Å²) in [5.41, 5.74) is 5.47. The molecular formula is C10H15N3O3S. The van der Waals surface area contributed by atoms with Crippen molar-refractivity contribution in [2.24, 2.45) is 5.73 Å². The maximum absolute atomic E-state index is 12.0. The SMILES string of the molecule is CNc1ccccc1S(=O)(=O)NC(C)C(N)=O. The lowest BCUT2D eigenvalue weighted by Crippen LogP contribution is -2.42. The molecule has 0 aliphatic carbocycles. The second kappa shape index (κ2) is 5.15. The lowest BCUT2D eigenvalue weighted by Gasteiger charge is -2.13. The fourth-order valence-electron chi connectivity index (χ4n) is 1.26. The monoisotopic (exact) mass is 257 g/mol. The van der Waals surface area contributed by atoms with Gasteiger partial charge in [-0.1, -0.05) is 12.1 Å². The first-order chi connectivity index (χ1) is 7.88. The minimum atomic E-state index is -3.76. The molecule has 0 spiro atoms. The highest BCUT2D eigenvalue weighted by atomic mass is 32.2. The van der Waals surface area contributed by atoms with Crippen LogP contribution in [0.25, 0.3) is 0 Å². The number of hydrogen-bond acceptors (Lipinski definition) is 4. The molecule has 1 unspecified atom stereocenters. The van der Waals surface area contributed by atoms with E-state index in [4.69, 9.17) is 5.73 Å². The van der Waals surface area contributed by atoms with Gasteiger partial charge in [-0.25, -0.2) is 8.42 Å². The van der Waals surface area contributed by atoms with E-state index in [9.17, 15) is 13.2 Å². The molecule has 0 bridgehead atoms. The molecule has 0 saturated carbocycles. The molecule has 1 aromatic rings. The summed E-state index contributed by atoms with van der Waals surface area (Å²) in [6.07, 6.45) is 0. The van der Waals surface area contributed by atoms with Crippen molar-refractivity contribution in [1.29, 1.82) is 0 Å². The molecule has 1 amide bonds. The van der Waals surface area contributed by atoms with Crippen LogP contribution in [0.4, 0.5) is 5.69 Å². The van der Waals surface area contributed by atoms with Gasteiger partial charge in [0, 0.05) is 7.05 Å². The smallest absolute Gasteiger partial charge is 0.243 e. The number of para-hydroxylation sites is 1. The van der Waals surface area contributed by atoms with Gasteiger partial charge in [0.2, 0.25) is 15.9 Å². The van der Waals surface area contributed by atoms with Crippen molar-refractivity contribution in [1.82, 2.24) is 4.72 Å². The van der Waals surface area contributed by atoms with Gasteiger partial charge in [-0.2, -0.15) is 4.72 Å². The third-order valence-electron chi connectivity index (χ3n) is 2.20. The van der Waals surface area contributed by atoms with E-state index in [-0.39, 0.29) is 4.90 Å². The number of hydrogen-bond donors (Lipinski definition) is 3. The van der Waals surface area contributed by atoms with Crippen LogP contribution in [0, 0.1) is 0 Å². The number of nitrogens with two attached hydrogens (primary N) is 1. The Balaban J connectivity index is 3.09. The van der Waals surface area contributed by atoms with Gasteiger partial charge in [0.05, 0.1) is 11.7 Å². The zero-order valence-electron chi connectivity index (χ0n) is 9.60. The third kappa shape index (κ3) is 3.18. The second-order valence-corrected chi connectivity index (χ2v) is 5.17. The Morgan fingerprint density at radius 2 is 1.94 bits per heavy atom. The first kappa shape index (κ1) is 13.5. The van der Waals surface area contributed by atoms with Crippen molar-refractivity contribution >= 4 is 21.6 Å². The van der Waals surface area contributed by atoms with Gasteiger partial charge in [-0.05, 0) is 19.1 Å². The number of carbonyl (C=O) groups is 1. The van der Waals surface area contributed by atoms with Gasteiger partial charge in [0.15, 0.2) is 0 Å². The second-order valence-electron chi connectivity index (χ2n) is 3.49. The molecule has 17 heavy (non-hydrogen) atoms. The van der Waals surface area contributed by atoms with E-state index < -0.39 is 22.0 Å². The average Bonchev–Trinajstić information content (AvgIpc) is 2.28. The zero-order valence-corrected chi connectivity index (χ0v) is 10.4. The van der Waals surface area contributed by atoms with E-state index in [1.807, 2.05) is 0 Å². The number of anilines is 1. The zero-order chi connectivity index (χ0) is 13.1. The summed E-state index contributed by atoms with van der Waals surface area (Å²) < 4.78 is 26.1. The van der Waals surface area contributed by atoms with Crippen LogP contribution in [0.3, 0.4) is 0 Å². The summed E-state index contributed by atoms with van der Waals surface area (Å²) in [6.45, 7) is 1.39. The van der Waals surface area contributed by atoms with Crippen LogP contribution in [0.2, 0.25) is 0 Å². The molecule has 0 fully saturated rings. The Labute approximate surface area is 100 Å². The lowest BCUT2D eigenvalue weighted by atomic mass is 10.3. The van der Waals surface area contributed by atoms with Gasteiger partial charge in [-0.3, -0.25) is 4.79 Å². The summed E-state index contributed by atoms with van der Waals surface area (Å²) in [7, 11) is -2.14. The highest BCUT2D eigenvalue weighted by molar-refractivity contribution is 7.89. The lowest BCUT2D eigenvalue weighted by molar-refractivity contribution is -0.119. The standard InChI is InChI=1S/C10H15N3O3S/c1-7(10(11)14)13-17(15,16)9-6-4-3-5-8(9)12-2/h3-7,12-13H,1-2H3,(H2,11,14). The van der Waals surface area contributed by atoms with E-state index in [2.05, 4.69) is 10.0 Å². The van der Waals surface area contributed by atoms with E-state index in [1.165, 1.54) is 13.0 Å². The molecule has 0 heterocycles. The molecule has 0 aromatic heterocycles. The first-order valence-electron chi connectivity index (χ1n) is 4.97. The summed E-state index contributed by atoms with van der Waals surface area (Å²) in [4.78, 5) is 10.9. The average molecular weight is 257 g/mol. The Bertz CT molecular complexity index is 513. The van der Waals surface area contributed by atoms with Crippen LogP contribution in [-0.2, 0) is 14.8 Å². The van der Waals surface area contributed by atoms with Crippen molar-refractivity contribution in [2.45, 2.75) is 17.9 Å². The topological polar surface area (TPSA) is 101 Å². The quantitative estimate of drug-likeness (QED) is 0.684. The van der Waals surface area contributed by atoms with Crippen molar-refractivity contribution < 1.29 is 13.2 Å². The highest BCUT2D eigenvalue weighted by Gasteiger charge is 2.22. The summed E-state index contributed by atoms with van der Waals surface area (Å²) in [6, 6.07) is 5.43. The number of sulfonamides is 1. The van der Waals surface area contributed by atoms with Gasteiger partial charge < -0.3 is 11.1 Å². The predicted molar refractivity (Wildman–Crippen MR) is 65.0 cm³/mol. The fourth-order valence-corrected chi connectivity index (χ4v) is 2.69. The summed E-state index contributed by atoms with van der Waals surface area (Å²) in [5, 5.41) is 2.77. The van der Waals surface area contributed by atoms with Gasteiger partial charge in [0.1, 0.15) is 4.90 Å². The molecule has 7 heteroatoms. The minimum absolute atomic E-state index is 0.0793. The van der Waals surface area contributed by atoms with E-state index in [0.29, 0.717) is 5.69 Å². The molecule has 94 valence electrons. The number of primary amides is 1. The fraction of sp³-hybridized carbons (Fsp3) is 0.300. The molecule has 6 nitrogen and oxygen atoms in total. The molecule has 1 aromatic carbocycles. The van der Waals surface area contributed by atoms with Crippen molar-refractivity contribution in [2.75, 3.05) is 12.4 Å². The molecule has 4 N–H and O–H groups in total. The van der Waals surface area contributed by atoms with Gasteiger partial charge in [-0.15, -0.1) is 0 Å². The maximum Gasteiger partial charge on any atom is 0.243 e. The molecule has 0 saturated heterocycles. The van der Waals surface area contributed by atoms with E-state index in [0.717, 1.165) is 0 Å². The Kier molecular flexibility index (Phi) is 4.08. The summed E-state index contributed by atoms with van der Waals surface area (Å²) >= 11 is 0. The van der Waals surface area contributed by atoms with E-state index in [1.54, 1.807) is 25.2 Å². The van der Waals surface area contributed by atoms with Gasteiger partial charge in [0.25, 0.3) is 0 Å². The minimum Gasteiger partial charge on any atom is -0.387 e. The Morgan fingerprint density at radius 1 is 1.35 bits per heavy atom. The molecule has 0 aliphatic heterocycles. The van der Waals surface area contributed by atoms with Crippen LogP contribution in [0.5, 0.6) is 0 Å². The largest absolute Gasteiger partial charge is 0.387 e. The molecular weight excluding hydrogens is 242 g/mol. The highest BCUT2D eigenvalue weighted by Crippen LogP contribution is 2.19. The van der Waals surface area contributed by atoms with Crippen LogP contribution in [0.15, 0.2) is 29.2 Å².